The predicted octanol–water partition coefficient (Wildman–Crippen LogP) is 2.17. The van der Waals surface area contributed by atoms with Gasteiger partial charge in [-0.3, -0.25) is 9.82 Å². The molecule has 0 aliphatic carbocycles. The van der Waals surface area contributed by atoms with E-state index in [1.54, 1.807) is 30.3 Å². The monoisotopic (exact) mass is 496 g/mol. The van der Waals surface area contributed by atoms with E-state index < -0.39 is 10.0 Å². The minimum absolute atomic E-state index is 0.0374. The summed E-state index contributed by atoms with van der Waals surface area (Å²) in [7, 11) is -1.87. The Morgan fingerprint density at radius 1 is 1.09 bits per heavy atom. The molecule has 11 nitrogen and oxygen atoms in total. The lowest BCUT2D eigenvalue weighted by Crippen LogP contribution is -2.28. The molecule has 0 aliphatic heterocycles. The summed E-state index contributed by atoms with van der Waals surface area (Å²) in [5.41, 5.74) is 3.31. The van der Waals surface area contributed by atoms with Gasteiger partial charge in [-0.05, 0) is 62.9 Å². The molecule has 0 aliphatic rings. The summed E-state index contributed by atoms with van der Waals surface area (Å²) >= 11 is 0. The fraction of sp³-hybridized carbons (Fsp3) is 0.304. The molecule has 0 spiro atoms. The van der Waals surface area contributed by atoms with E-state index in [2.05, 4.69) is 30.2 Å². The quantitative estimate of drug-likeness (QED) is 0.259. The first-order valence-electron chi connectivity index (χ1n) is 11.1. The summed E-state index contributed by atoms with van der Waals surface area (Å²) in [5, 5.41) is 20.4. The number of H-pyrrole nitrogens is 1. The first-order chi connectivity index (χ1) is 16.8. The molecule has 0 saturated carbocycles. The molecule has 0 unspecified atom stereocenters. The van der Waals surface area contributed by atoms with Crippen LogP contribution in [0, 0.1) is 13.8 Å². The molecule has 0 saturated heterocycles. The van der Waals surface area contributed by atoms with Gasteiger partial charge in [0.2, 0.25) is 0 Å². The third-order valence-corrected chi connectivity index (χ3v) is 6.70. The van der Waals surface area contributed by atoms with Crippen LogP contribution >= 0.6 is 0 Å². The molecule has 4 N–H and O–H groups in total. The van der Waals surface area contributed by atoms with Gasteiger partial charge in [0.25, 0.3) is 10.0 Å². The highest BCUT2D eigenvalue weighted by atomic mass is 32.2. The molecule has 0 bridgehead atoms. The van der Waals surface area contributed by atoms with Crippen LogP contribution in [-0.4, -0.2) is 76.9 Å². The second-order valence-electron chi connectivity index (χ2n) is 8.25. The number of nitrogens with one attached hydrogen (secondary N) is 3. The van der Waals surface area contributed by atoms with E-state index in [4.69, 9.17) is 10.1 Å². The van der Waals surface area contributed by atoms with Crippen molar-refractivity contribution in [2.24, 2.45) is 0 Å². The number of anilines is 2. The van der Waals surface area contributed by atoms with Crippen LogP contribution in [0.25, 0.3) is 22.4 Å². The smallest absolute Gasteiger partial charge is 0.279 e. The van der Waals surface area contributed by atoms with E-state index in [1.807, 2.05) is 25.8 Å². The second kappa shape index (κ2) is 10.3. The van der Waals surface area contributed by atoms with Crippen molar-refractivity contribution in [1.82, 2.24) is 30.0 Å². The summed E-state index contributed by atoms with van der Waals surface area (Å²) in [5.74, 6) is 1.12. The molecule has 1 aromatic carbocycles. The normalized spacial score (nSPS) is 11.8. The molecule has 0 radical (unpaired) electrons. The van der Waals surface area contributed by atoms with Crippen molar-refractivity contribution in [3.63, 3.8) is 0 Å². The second-order valence-corrected chi connectivity index (χ2v) is 9.88. The number of aliphatic hydroxyl groups excluding tert-OH is 1. The van der Waals surface area contributed by atoms with E-state index in [0.29, 0.717) is 41.6 Å². The summed E-state index contributed by atoms with van der Waals surface area (Å²) in [6.45, 7) is 5.76. The van der Waals surface area contributed by atoms with Crippen molar-refractivity contribution in [1.29, 1.82) is 0 Å². The van der Waals surface area contributed by atoms with E-state index in [1.165, 1.54) is 12.3 Å². The first-order valence-corrected chi connectivity index (χ1v) is 12.6. The van der Waals surface area contributed by atoms with E-state index in [-0.39, 0.29) is 11.6 Å². The van der Waals surface area contributed by atoms with Gasteiger partial charge in [0.1, 0.15) is 5.82 Å². The number of sulfonamides is 1. The fourth-order valence-electron chi connectivity index (χ4n) is 3.52. The Morgan fingerprint density at radius 2 is 1.86 bits per heavy atom. The topological polar surface area (TPSA) is 149 Å². The van der Waals surface area contributed by atoms with E-state index in [9.17, 15) is 8.42 Å². The lowest BCUT2D eigenvalue weighted by molar-refractivity contribution is 0.225. The number of likely N-dealkylation sites (N-methyl/N-ethyl adjacent to an activating group) is 1. The average molecular weight is 497 g/mol. The maximum atomic E-state index is 12.7. The van der Waals surface area contributed by atoms with Gasteiger partial charge < -0.3 is 15.3 Å². The molecule has 0 amide bonds. The Bertz CT molecular complexity index is 1420. The average Bonchev–Trinajstić information content (AvgIpc) is 3.20. The number of pyridine rings is 1. The molecule has 3 heterocycles. The Kier molecular flexibility index (Phi) is 7.24. The molecular formula is C23H28N8O3S. The Hall–Kier alpha value is -3.61. The summed E-state index contributed by atoms with van der Waals surface area (Å²) in [6, 6.07) is 10.1. The van der Waals surface area contributed by atoms with Crippen LogP contribution < -0.4 is 10.0 Å². The molecule has 0 fully saturated rings. The Balaban J connectivity index is 1.56. The van der Waals surface area contributed by atoms with Crippen LogP contribution in [0.5, 0.6) is 0 Å². The fourth-order valence-corrected chi connectivity index (χ4v) is 4.61. The Labute approximate surface area is 203 Å². The SMILES string of the molecule is Cc1ccnc(S(=O)(=O)Nc2ccc(-c3nc(NCCN(C)CCO)c4c(C)[nH]nc4n3)cc2)c1. The zero-order valence-corrected chi connectivity index (χ0v) is 20.6. The molecule has 4 aromatic rings. The highest BCUT2D eigenvalue weighted by molar-refractivity contribution is 7.92. The third-order valence-electron chi connectivity index (χ3n) is 5.42. The lowest BCUT2D eigenvalue weighted by atomic mass is 10.2. The zero-order chi connectivity index (χ0) is 25.0. The standard InChI is InChI=1S/C23H28N8O3S/c1-15-8-9-24-19(14-15)35(33,34)30-18-6-4-17(5-7-18)21-26-22(25-10-11-31(3)12-13-32)20-16(2)28-29-23(20)27-21/h4-9,14,30,32H,10-13H2,1-3H3,(H2,25,26,27,28,29). The molecule has 3 aromatic heterocycles. The van der Waals surface area contributed by atoms with Crippen molar-refractivity contribution in [2.75, 3.05) is 43.3 Å². The zero-order valence-electron chi connectivity index (χ0n) is 19.8. The number of aromatic amines is 1. The largest absolute Gasteiger partial charge is 0.395 e. The highest BCUT2D eigenvalue weighted by Crippen LogP contribution is 2.27. The number of aliphatic hydroxyl groups is 1. The minimum atomic E-state index is -3.80. The maximum Gasteiger partial charge on any atom is 0.279 e. The van der Waals surface area contributed by atoms with Crippen molar-refractivity contribution in [3.05, 3.63) is 53.9 Å². The number of benzene rings is 1. The number of fused-ring (bicyclic) bond motifs is 1. The van der Waals surface area contributed by atoms with Crippen molar-refractivity contribution >= 4 is 32.6 Å². The van der Waals surface area contributed by atoms with Crippen LogP contribution in [0.3, 0.4) is 0 Å². The summed E-state index contributed by atoms with van der Waals surface area (Å²) in [4.78, 5) is 15.3. The minimum Gasteiger partial charge on any atom is -0.395 e. The van der Waals surface area contributed by atoms with Crippen molar-refractivity contribution < 1.29 is 13.5 Å². The van der Waals surface area contributed by atoms with Crippen LogP contribution in [0.1, 0.15) is 11.3 Å². The first kappa shape index (κ1) is 24.5. The third kappa shape index (κ3) is 5.73. The molecule has 35 heavy (non-hydrogen) atoms. The van der Waals surface area contributed by atoms with Crippen molar-refractivity contribution in [2.45, 2.75) is 18.9 Å². The lowest BCUT2D eigenvalue weighted by Gasteiger charge is -2.16. The molecule has 4 rings (SSSR count). The van der Waals surface area contributed by atoms with E-state index in [0.717, 1.165) is 23.2 Å². The number of hydrogen-bond donors (Lipinski definition) is 4. The van der Waals surface area contributed by atoms with Gasteiger partial charge >= 0.3 is 0 Å². The van der Waals surface area contributed by atoms with Gasteiger partial charge in [-0.1, -0.05) is 0 Å². The van der Waals surface area contributed by atoms with Gasteiger partial charge in [0, 0.05) is 42.8 Å². The van der Waals surface area contributed by atoms with Crippen LogP contribution in [0.2, 0.25) is 0 Å². The van der Waals surface area contributed by atoms with Gasteiger partial charge in [-0.2, -0.15) is 13.5 Å². The number of rotatable bonds is 10. The van der Waals surface area contributed by atoms with Crippen LogP contribution in [0.4, 0.5) is 11.5 Å². The number of hydrogen-bond acceptors (Lipinski definition) is 9. The maximum absolute atomic E-state index is 12.7. The molecular weight excluding hydrogens is 468 g/mol. The van der Waals surface area contributed by atoms with E-state index >= 15 is 0 Å². The Morgan fingerprint density at radius 3 is 2.57 bits per heavy atom. The van der Waals surface area contributed by atoms with Crippen LogP contribution in [0.15, 0.2) is 47.6 Å². The van der Waals surface area contributed by atoms with Gasteiger partial charge in [0.05, 0.1) is 12.0 Å². The summed E-state index contributed by atoms with van der Waals surface area (Å²) in [6.07, 6.45) is 1.47. The molecule has 12 heteroatoms. The highest BCUT2D eigenvalue weighted by Gasteiger charge is 2.17. The summed E-state index contributed by atoms with van der Waals surface area (Å²) < 4.78 is 27.9. The van der Waals surface area contributed by atoms with Crippen LogP contribution in [-0.2, 0) is 10.0 Å². The van der Waals surface area contributed by atoms with Crippen molar-refractivity contribution in [3.8, 4) is 11.4 Å². The van der Waals surface area contributed by atoms with Gasteiger partial charge in [-0.25, -0.2) is 15.0 Å². The van der Waals surface area contributed by atoms with Gasteiger partial charge in [-0.15, -0.1) is 0 Å². The molecule has 0 atom stereocenters. The number of nitrogens with zero attached hydrogens (tertiary/aromatic N) is 5. The molecule has 184 valence electrons. The predicted molar refractivity (Wildman–Crippen MR) is 135 cm³/mol. The number of aryl methyl sites for hydroxylation is 2. The number of aromatic nitrogens is 5. The van der Waals surface area contributed by atoms with Gasteiger partial charge in [0.15, 0.2) is 16.5 Å².